The zero-order chi connectivity index (χ0) is 15.6. The van der Waals surface area contributed by atoms with Gasteiger partial charge in [-0.3, -0.25) is 4.79 Å². The van der Waals surface area contributed by atoms with E-state index in [0.717, 1.165) is 0 Å². The van der Waals surface area contributed by atoms with Gasteiger partial charge in [-0.25, -0.2) is 8.42 Å². The summed E-state index contributed by atoms with van der Waals surface area (Å²) in [7, 11) is -2.35. The molecule has 0 spiro atoms. The minimum absolute atomic E-state index is 0.145. The van der Waals surface area contributed by atoms with Crippen LogP contribution in [0.4, 0.5) is 5.69 Å². The number of carbonyl (C=O) groups excluding carboxylic acids is 1. The standard InChI is InChI=1S/C13H17BrN2O4S/c1-20-13(17)9-3-2-6-16(8-9)21(18,19)12-5-4-10(15)7-11(12)14/h4-5,7,9H,2-3,6,8,15H2,1H3. The molecule has 1 fully saturated rings. The number of esters is 1. The molecule has 0 aromatic heterocycles. The Bertz CT molecular complexity index is 648. The smallest absolute Gasteiger partial charge is 0.309 e. The Morgan fingerprint density at radius 1 is 1.48 bits per heavy atom. The van der Waals surface area contributed by atoms with E-state index in [1.807, 2.05) is 0 Å². The molecule has 1 aromatic carbocycles. The molecule has 0 aliphatic carbocycles. The summed E-state index contributed by atoms with van der Waals surface area (Å²) in [5.41, 5.74) is 6.11. The maximum absolute atomic E-state index is 12.7. The third kappa shape index (κ3) is 3.38. The van der Waals surface area contributed by atoms with Crippen LogP contribution in [-0.2, 0) is 19.6 Å². The summed E-state index contributed by atoms with van der Waals surface area (Å²) in [6.45, 7) is 0.540. The van der Waals surface area contributed by atoms with E-state index in [0.29, 0.717) is 29.5 Å². The number of halogens is 1. The molecule has 8 heteroatoms. The van der Waals surface area contributed by atoms with E-state index >= 15 is 0 Å². The summed E-state index contributed by atoms with van der Waals surface area (Å²) < 4.78 is 31.8. The average molecular weight is 377 g/mol. The van der Waals surface area contributed by atoms with Crippen molar-refractivity contribution in [3.63, 3.8) is 0 Å². The van der Waals surface area contributed by atoms with Gasteiger partial charge in [0.2, 0.25) is 10.0 Å². The molecule has 2 rings (SSSR count). The number of sulfonamides is 1. The molecule has 0 radical (unpaired) electrons. The van der Waals surface area contributed by atoms with Crippen LogP contribution in [0.3, 0.4) is 0 Å². The van der Waals surface area contributed by atoms with Crippen LogP contribution >= 0.6 is 15.9 Å². The third-order valence-electron chi connectivity index (χ3n) is 3.49. The van der Waals surface area contributed by atoms with Gasteiger partial charge in [0.05, 0.1) is 17.9 Å². The van der Waals surface area contributed by atoms with Crippen molar-refractivity contribution in [3.05, 3.63) is 22.7 Å². The fraction of sp³-hybridized carbons (Fsp3) is 0.462. The second-order valence-corrected chi connectivity index (χ2v) is 7.68. The van der Waals surface area contributed by atoms with E-state index in [9.17, 15) is 13.2 Å². The molecular formula is C13H17BrN2O4S. The van der Waals surface area contributed by atoms with Crippen LogP contribution in [0.1, 0.15) is 12.8 Å². The number of hydrogen-bond donors (Lipinski definition) is 1. The van der Waals surface area contributed by atoms with Gasteiger partial charge in [-0.1, -0.05) is 0 Å². The van der Waals surface area contributed by atoms with Crippen molar-refractivity contribution in [1.82, 2.24) is 4.31 Å². The summed E-state index contributed by atoms with van der Waals surface area (Å²) in [5, 5.41) is 0. The lowest BCUT2D eigenvalue weighted by Crippen LogP contribution is -2.42. The number of methoxy groups -OCH3 is 1. The van der Waals surface area contributed by atoms with Crippen LogP contribution in [0.15, 0.2) is 27.6 Å². The maximum atomic E-state index is 12.7. The van der Waals surface area contributed by atoms with Crippen LogP contribution in [0.25, 0.3) is 0 Å². The molecule has 1 saturated heterocycles. The highest BCUT2D eigenvalue weighted by Gasteiger charge is 2.34. The summed E-state index contributed by atoms with van der Waals surface area (Å²) >= 11 is 3.23. The van der Waals surface area contributed by atoms with E-state index < -0.39 is 15.9 Å². The molecule has 1 unspecified atom stereocenters. The fourth-order valence-electron chi connectivity index (χ4n) is 2.39. The Labute approximate surface area is 132 Å². The molecule has 2 N–H and O–H groups in total. The van der Waals surface area contributed by atoms with Gasteiger partial charge in [0.15, 0.2) is 0 Å². The van der Waals surface area contributed by atoms with Crippen LogP contribution in [-0.4, -0.2) is 38.9 Å². The first-order valence-electron chi connectivity index (χ1n) is 6.49. The highest BCUT2D eigenvalue weighted by Crippen LogP contribution is 2.30. The monoisotopic (exact) mass is 376 g/mol. The number of ether oxygens (including phenoxy) is 1. The van der Waals surface area contributed by atoms with Crippen molar-refractivity contribution in [2.45, 2.75) is 17.7 Å². The number of hydrogen-bond acceptors (Lipinski definition) is 5. The van der Waals surface area contributed by atoms with E-state index in [-0.39, 0.29) is 17.4 Å². The van der Waals surface area contributed by atoms with Gasteiger partial charge < -0.3 is 10.5 Å². The van der Waals surface area contributed by atoms with Gasteiger partial charge in [-0.15, -0.1) is 0 Å². The largest absolute Gasteiger partial charge is 0.469 e. The molecule has 1 aromatic rings. The molecule has 116 valence electrons. The molecule has 1 atom stereocenters. The first-order valence-corrected chi connectivity index (χ1v) is 8.72. The predicted molar refractivity (Wildman–Crippen MR) is 82.1 cm³/mol. The van der Waals surface area contributed by atoms with E-state index in [4.69, 9.17) is 10.5 Å². The van der Waals surface area contributed by atoms with Crippen molar-refractivity contribution < 1.29 is 17.9 Å². The van der Waals surface area contributed by atoms with Crippen LogP contribution in [0.2, 0.25) is 0 Å². The summed E-state index contributed by atoms with van der Waals surface area (Å²) in [4.78, 5) is 11.8. The van der Waals surface area contributed by atoms with Gasteiger partial charge in [-0.05, 0) is 47.0 Å². The number of piperidine rings is 1. The Morgan fingerprint density at radius 3 is 2.81 bits per heavy atom. The summed E-state index contributed by atoms with van der Waals surface area (Å²) in [5.74, 6) is -0.780. The van der Waals surface area contributed by atoms with Crippen molar-refractivity contribution in [3.8, 4) is 0 Å². The molecule has 1 aliphatic heterocycles. The molecule has 0 bridgehead atoms. The van der Waals surface area contributed by atoms with Crippen molar-refractivity contribution in [1.29, 1.82) is 0 Å². The van der Waals surface area contributed by atoms with E-state index in [1.54, 1.807) is 12.1 Å². The Kier molecular flexibility index (Phi) is 4.90. The van der Waals surface area contributed by atoms with Gasteiger partial charge in [0.25, 0.3) is 0 Å². The highest BCUT2D eigenvalue weighted by atomic mass is 79.9. The normalized spacial score (nSPS) is 20.2. The van der Waals surface area contributed by atoms with Crippen molar-refractivity contribution in [2.75, 3.05) is 25.9 Å². The lowest BCUT2D eigenvalue weighted by atomic mass is 10.0. The first-order chi connectivity index (χ1) is 9.86. The number of benzene rings is 1. The Hall–Kier alpha value is -1.12. The number of carbonyl (C=O) groups is 1. The predicted octanol–water partition coefficient (Wildman–Crippen LogP) is 1.60. The first kappa shape index (κ1) is 16.3. The summed E-state index contributed by atoms with van der Waals surface area (Å²) in [6, 6.07) is 4.56. The van der Waals surface area contributed by atoms with Crippen LogP contribution < -0.4 is 5.73 Å². The topological polar surface area (TPSA) is 89.7 Å². The number of anilines is 1. The maximum Gasteiger partial charge on any atom is 0.309 e. The molecule has 21 heavy (non-hydrogen) atoms. The number of rotatable bonds is 3. The number of nitrogens with two attached hydrogens (primary N) is 1. The number of nitrogens with zero attached hydrogens (tertiary/aromatic N) is 1. The minimum Gasteiger partial charge on any atom is -0.469 e. The van der Waals surface area contributed by atoms with Crippen LogP contribution in [0, 0.1) is 5.92 Å². The molecule has 0 amide bonds. The molecule has 0 saturated carbocycles. The lowest BCUT2D eigenvalue weighted by Gasteiger charge is -2.30. The lowest BCUT2D eigenvalue weighted by molar-refractivity contribution is -0.146. The SMILES string of the molecule is COC(=O)C1CCCN(S(=O)(=O)c2ccc(N)cc2Br)C1. The fourth-order valence-corrected chi connectivity index (χ4v) is 4.96. The summed E-state index contributed by atoms with van der Waals surface area (Å²) in [6.07, 6.45) is 1.27. The van der Waals surface area contributed by atoms with Crippen LogP contribution in [0.5, 0.6) is 0 Å². The molecule has 6 nitrogen and oxygen atoms in total. The minimum atomic E-state index is -3.66. The van der Waals surface area contributed by atoms with Crippen molar-refractivity contribution in [2.24, 2.45) is 5.92 Å². The second-order valence-electron chi connectivity index (χ2n) is 4.92. The third-order valence-corrected chi connectivity index (χ3v) is 6.33. The van der Waals surface area contributed by atoms with E-state index in [1.165, 1.54) is 17.5 Å². The average Bonchev–Trinajstić information content (AvgIpc) is 2.46. The van der Waals surface area contributed by atoms with Crippen molar-refractivity contribution >= 4 is 37.6 Å². The molecule has 1 heterocycles. The molecule has 1 aliphatic rings. The second kappa shape index (κ2) is 6.33. The number of nitrogen functional groups attached to an aromatic ring is 1. The van der Waals surface area contributed by atoms with Gasteiger partial charge in [0.1, 0.15) is 0 Å². The Morgan fingerprint density at radius 2 is 2.19 bits per heavy atom. The molecular weight excluding hydrogens is 360 g/mol. The van der Waals surface area contributed by atoms with E-state index in [2.05, 4.69) is 15.9 Å². The quantitative estimate of drug-likeness (QED) is 0.639. The van der Waals surface area contributed by atoms with Gasteiger partial charge in [-0.2, -0.15) is 4.31 Å². The zero-order valence-electron chi connectivity index (χ0n) is 11.6. The zero-order valence-corrected chi connectivity index (χ0v) is 14.0. The highest BCUT2D eigenvalue weighted by molar-refractivity contribution is 9.10. The Balaban J connectivity index is 2.28. The van der Waals surface area contributed by atoms with Gasteiger partial charge in [0, 0.05) is 23.2 Å². The van der Waals surface area contributed by atoms with Gasteiger partial charge >= 0.3 is 5.97 Å².